The molecule has 3 heterocycles. The predicted octanol–water partition coefficient (Wildman–Crippen LogP) is -3.13. The third kappa shape index (κ3) is 18.9. The lowest BCUT2D eigenvalue weighted by Gasteiger charge is -2.30. The molecule has 2 saturated heterocycles. The van der Waals surface area contributed by atoms with Crippen molar-refractivity contribution in [2.24, 2.45) is 23.1 Å². The van der Waals surface area contributed by atoms with Crippen LogP contribution in [0.4, 0.5) is 0 Å². The Kier molecular flexibility index (Phi) is 24.0. The Labute approximate surface area is 462 Å². The minimum atomic E-state index is -1.69. The summed E-state index contributed by atoms with van der Waals surface area (Å²) in [4.78, 5) is 140. The first-order valence-corrected chi connectivity index (χ1v) is 26.9. The standard InChI is InChI=1S/C53H77N15O12/c1-29(2)23-38(47(75)63-37(12-7-21-58-53(56)57)52(80)68-22-8-13-42(68)51(79)60-27-43(55)71)64-45(73)35(11-5-6-20-54)62-48(76)39(24-30-14-16-32(70)17-15-30)65-50(78)41(28-69)67-49(77)40(66-46(74)36-18-19-44(72)61-36)25-31-26-59-34-10-4-3-9-33(31)34/h3-4,9-10,14-17,26,29,35-42,59,69-70H,5-8,11-13,18-25,27-28,54H2,1-2H3,(H2,55,71)(H,60,79)(H,61,72)(H,62,76)(H,63,75)(H,64,73)(H,65,78)(H,66,74)(H,67,77)(H4,56,57,58)/t35-,36+,37+,38+,39+,40+,41+,42+/m1/s1. The monoisotopic (exact) mass is 1120 g/mol. The number of amides is 10. The second-order valence-electron chi connectivity index (χ2n) is 20.4. The van der Waals surface area contributed by atoms with Crippen molar-refractivity contribution in [3.63, 3.8) is 0 Å². The van der Waals surface area contributed by atoms with Crippen LogP contribution in [0.1, 0.15) is 89.2 Å². The lowest BCUT2D eigenvalue weighted by molar-refractivity contribution is -0.142. The molecule has 80 heavy (non-hydrogen) atoms. The van der Waals surface area contributed by atoms with E-state index in [1.807, 2.05) is 18.2 Å². The van der Waals surface area contributed by atoms with E-state index in [2.05, 4.69) is 52.8 Å². The number of aliphatic hydroxyl groups excluding tert-OH is 1. The Morgan fingerprint density at radius 3 is 1.99 bits per heavy atom. The summed E-state index contributed by atoms with van der Waals surface area (Å²) in [5.74, 6) is -7.90. The van der Waals surface area contributed by atoms with Gasteiger partial charge in [-0.05, 0) is 99.6 Å². The second kappa shape index (κ2) is 30.7. The van der Waals surface area contributed by atoms with Gasteiger partial charge in [-0.3, -0.25) is 53.4 Å². The number of primary amides is 1. The molecule has 2 aliphatic rings. The summed E-state index contributed by atoms with van der Waals surface area (Å²) in [5, 5.41) is 52.5. The van der Waals surface area contributed by atoms with E-state index >= 15 is 0 Å². The molecule has 3 aromatic rings. The van der Waals surface area contributed by atoms with Crippen molar-refractivity contribution in [3.05, 3.63) is 65.9 Å². The Balaban J connectivity index is 1.36. The maximum absolute atomic E-state index is 14.5. The molecule has 0 radical (unpaired) electrons. The van der Waals surface area contributed by atoms with Gasteiger partial charge in [-0.1, -0.05) is 44.2 Å². The normalized spacial score (nSPS) is 17.2. The smallest absolute Gasteiger partial charge is 0.245 e. The number of hydrogen-bond donors (Lipinski definition) is 16. The van der Waals surface area contributed by atoms with Gasteiger partial charge in [0.1, 0.15) is 54.1 Å². The van der Waals surface area contributed by atoms with Gasteiger partial charge in [0.15, 0.2) is 5.96 Å². The van der Waals surface area contributed by atoms with E-state index in [4.69, 9.17) is 22.6 Å². The number of nitrogens with two attached hydrogens (primary N) is 3. The van der Waals surface area contributed by atoms with Crippen LogP contribution in [0, 0.1) is 11.3 Å². The van der Waals surface area contributed by atoms with Crippen molar-refractivity contribution in [1.82, 2.24) is 57.7 Å². The molecule has 2 aliphatic heterocycles. The number of fused-ring (bicyclic) bond motifs is 1. The van der Waals surface area contributed by atoms with Crippen LogP contribution in [-0.2, 0) is 60.8 Å². The second-order valence-corrected chi connectivity index (χ2v) is 20.4. The van der Waals surface area contributed by atoms with Gasteiger partial charge >= 0.3 is 0 Å². The van der Waals surface area contributed by atoms with Crippen molar-refractivity contribution >= 4 is 75.9 Å². The highest BCUT2D eigenvalue weighted by atomic mass is 16.3. The summed E-state index contributed by atoms with van der Waals surface area (Å²) >= 11 is 0. The molecule has 0 saturated carbocycles. The number of carbonyl (C=O) groups excluding carboxylic acids is 10. The van der Waals surface area contributed by atoms with Gasteiger partial charge in [-0.15, -0.1) is 0 Å². The summed E-state index contributed by atoms with van der Waals surface area (Å²) in [5.41, 5.74) is 18.3. The van der Waals surface area contributed by atoms with Crippen molar-refractivity contribution < 1.29 is 58.2 Å². The molecule has 1 aromatic heterocycles. The van der Waals surface area contributed by atoms with Gasteiger partial charge < -0.3 is 85.1 Å². The number of para-hydroxylation sites is 1. The maximum atomic E-state index is 14.5. The van der Waals surface area contributed by atoms with Crippen LogP contribution in [0.2, 0.25) is 0 Å². The molecule has 5 rings (SSSR count). The minimum Gasteiger partial charge on any atom is -0.508 e. The molecule has 27 nitrogen and oxygen atoms in total. The molecular formula is C53H77N15O12. The summed E-state index contributed by atoms with van der Waals surface area (Å²) in [6.45, 7) is 2.76. The average Bonchev–Trinajstić information content (AvgIpc) is 4.24. The van der Waals surface area contributed by atoms with E-state index in [1.165, 1.54) is 29.2 Å². The van der Waals surface area contributed by atoms with Crippen LogP contribution in [0.25, 0.3) is 10.9 Å². The Morgan fingerprint density at radius 1 is 0.725 bits per heavy atom. The van der Waals surface area contributed by atoms with Crippen LogP contribution in [0.3, 0.4) is 0 Å². The number of phenolic OH excluding ortho intramolecular Hbond substituents is 1. The van der Waals surface area contributed by atoms with E-state index in [0.717, 1.165) is 10.9 Å². The number of nitrogens with one attached hydrogen (secondary N) is 11. The number of aliphatic hydroxyl groups is 1. The zero-order valence-corrected chi connectivity index (χ0v) is 45.1. The number of phenols is 1. The van der Waals surface area contributed by atoms with Crippen molar-refractivity contribution in [1.29, 1.82) is 5.41 Å². The number of rotatable bonds is 31. The number of unbranched alkanes of at least 4 members (excludes halogenated alkanes) is 1. The number of carbonyl (C=O) groups is 10. The fraction of sp³-hybridized carbons (Fsp3) is 0.528. The highest BCUT2D eigenvalue weighted by molar-refractivity contribution is 5.99. The summed E-state index contributed by atoms with van der Waals surface area (Å²) < 4.78 is 0. The van der Waals surface area contributed by atoms with Crippen molar-refractivity contribution in [2.75, 3.05) is 32.8 Å². The summed E-state index contributed by atoms with van der Waals surface area (Å²) in [6.07, 6.45) is 3.49. The molecule has 0 aliphatic carbocycles. The molecule has 0 spiro atoms. The van der Waals surface area contributed by atoms with E-state index in [-0.39, 0.29) is 101 Å². The number of nitrogens with zero attached hydrogens (tertiary/aromatic N) is 1. The Bertz CT molecular complexity index is 2680. The number of likely N-dealkylation sites (tertiary alicyclic amines) is 1. The van der Waals surface area contributed by atoms with Crippen LogP contribution in [0.5, 0.6) is 5.75 Å². The first-order valence-electron chi connectivity index (χ1n) is 26.9. The highest BCUT2D eigenvalue weighted by Gasteiger charge is 2.40. The zero-order chi connectivity index (χ0) is 58.5. The average molecular weight is 1120 g/mol. The zero-order valence-electron chi connectivity index (χ0n) is 45.1. The third-order valence-corrected chi connectivity index (χ3v) is 13.7. The lowest BCUT2D eigenvalue weighted by atomic mass is 10.00. The SMILES string of the molecule is CC(C)C[C@H](NC(=O)[C@@H](CCCCN)NC(=O)[C@H](Cc1ccc(O)cc1)NC(=O)[C@H](CO)NC(=O)[C@H](Cc1c[nH]c2ccccc12)NC(=O)[C@@H]1CCC(=O)N1)C(=O)N[C@@H](CCCNC(=N)N)C(=O)N1CCC[C@H]1C(=O)NCC(N)=O. The van der Waals surface area contributed by atoms with E-state index in [1.54, 1.807) is 26.1 Å². The fourth-order valence-corrected chi connectivity index (χ4v) is 9.49. The predicted molar refractivity (Wildman–Crippen MR) is 292 cm³/mol. The molecule has 2 aromatic carbocycles. The first-order chi connectivity index (χ1) is 38.2. The summed E-state index contributed by atoms with van der Waals surface area (Å²) in [6, 6.07) is 2.74. The lowest BCUT2D eigenvalue weighted by Crippen LogP contribution is -2.61. The van der Waals surface area contributed by atoms with Gasteiger partial charge in [0.05, 0.1) is 13.2 Å². The van der Waals surface area contributed by atoms with Crippen LogP contribution in [0.15, 0.2) is 54.7 Å². The maximum Gasteiger partial charge on any atom is 0.245 e. The van der Waals surface area contributed by atoms with Crippen LogP contribution < -0.4 is 65.1 Å². The fourth-order valence-electron chi connectivity index (χ4n) is 9.49. The minimum absolute atomic E-state index is 0.00644. The molecule has 0 unspecified atom stereocenters. The largest absolute Gasteiger partial charge is 0.508 e. The van der Waals surface area contributed by atoms with Gasteiger partial charge in [0.25, 0.3) is 0 Å². The van der Waals surface area contributed by atoms with Gasteiger partial charge in [-0.25, -0.2) is 0 Å². The first kappa shape index (κ1) is 62.5. The summed E-state index contributed by atoms with van der Waals surface area (Å²) in [7, 11) is 0. The van der Waals surface area contributed by atoms with E-state index in [0.29, 0.717) is 30.4 Å². The number of hydrogen-bond acceptors (Lipinski definition) is 14. The molecule has 0 bridgehead atoms. The van der Waals surface area contributed by atoms with Gasteiger partial charge in [0.2, 0.25) is 59.1 Å². The highest BCUT2D eigenvalue weighted by Crippen LogP contribution is 2.22. The number of benzene rings is 2. The number of H-pyrrole nitrogens is 1. The van der Waals surface area contributed by atoms with Crippen LogP contribution in [-0.4, -0.2) is 166 Å². The molecule has 2 fully saturated rings. The van der Waals surface area contributed by atoms with Crippen molar-refractivity contribution in [3.8, 4) is 5.75 Å². The Morgan fingerprint density at radius 2 is 1.34 bits per heavy atom. The molecule has 27 heteroatoms. The number of guanidine groups is 1. The number of aromatic nitrogens is 1. The molecular weight excluding hydrogens is 1040 g/mol. The topological polar surface area (TPSA) is 440 Å². The van der Waals surface area contributed by atoms with Gasteiger partial charge in [0, 0.05) is 49.5 Å². The van der Waals surface area contributed by atoms with E-state index < -0.39 is 115 Å². The third-order valence-electron chi connectivity index (χ3n) is 13.7. The Hall–Kier alpha value is -8.33. The molecule has 8 atom stereocenters. The quantitative estimate of drug-likeness (QED) is 0.0172. The molecule has 19 N–H and O–H groups in total. The van der Waals surface area contributed by atoms with Crippen molar-refractivity contribution in [2.45, 2.75) is 139 Å². The molecule has 10 amide bonds. The molecule has 436 valence electrons. The van der Waals surface area contributed by atoms with Crippen LogP contribution >= 0.6 is 0 Å². The number of aromatic amines is 1. The van der Waals surface area contributed by atoms with Gasteiger partial charge in [-0.2, -0.15) is 0 Å². The number of aromatic hydroxyl groups is 1. The van der Waals surface area contributed by atoms with E-state index in [9.17, 15) is 58.2 Å².